The van der Waals surface area contributed by atoms with Gasteiger partial charge in [-0.1, -0.05) is 27.7 Å². The van der Waals surface area contributed by atoms with Crippen LogP contribution in [0.1, 0.15) is 47.0 Å². The molecule has 0 aromatic carbocycles. The first-order chi connectivity index (χ1) is 8.54. The Hall–Kier alpha value is -0.610. The predicted octanol–water partition coefficient (Wildman–Crippen LogP) is 1.60. The third-order valence-electron chi connectivity index (χ3n) is 3.22. The minimum Gasteiger partial charge on any atom is -0.355 e. The smallest absolute Gasteiger partial charge is 0.220 e. The van der Waals surface area contributed by atoms with Crippen LogP contribution >= 0.6 is 0 Å². The predicted molar refractivity (Wildman–Crippen MR) is 77.5 cm³/mol. The van der Waals surface area contributed by atoms with Crippen molar-refractivity contribution in [3.05, 3.63) is 0 Å². The van der Waals surface area contributed by atoms with Crippen molar-refractivity contribution in [3.63, 3.8) is 0 Å². The number of likely N-dealkylation sites (N-methyl/N-ethyl adjacent to an activating group) is 1. The van der Waals surface area contributed by atoms with Crippen LogP contribution in [0, 0.1) is 5.92 Å². The molecule has 1 atom stereocenters. The highest BCUT2D eigenvalue weighted by Crippen LogP contribution is 2.10. The summed E-state index contributed by atoms with van der Waals surface area (Å²) in [5.74, 6) is 0.776. The van der Waals surface area contributed by atoms with Crippen LogP contribution in [0.25, 0.3) is 0 Å². The molecular weight excluding hydrogens is 226 g/mol. The molecule has 1 amide bonds. The SMILES string of the molecule is CCN(CC)C(CNC(=O)CCCN)CC(C)C. The summed E-state index contributed by atoms with van der Waals surface area (Å²) in [6, 6.07) is 0.446. The molecule has 0 aromatic rings. The zero-order valence-corrected chi connectivity index (χ0v) is 12.5. The number of nitrogens with two attached hydrogens (primary N) is 1. The highest BCUT2D eigenvalue weighted by Gasteiger charge is 2.17. The number of hydrogen-bond acceptors (Lipinski definition) is 3. The molecule has 0 aromatic heterocycles. The van der Waals surface area contributed by atoms with Gasteiger partial charge in [-0.25, -0.2) is 0 Å². The molecular formula is C14H31N3O. The first-order valence-corrected chi connectivity index (χ1v) is 7.25. The number of nitrogens with zero attached hydrogens (tertiary/aromatic N) is 1. The molecule has 0 rings (SSSR count). The number of carbonyl (C=O) groups is 1. The second-order valence-corrected chi connectivity index (χ2v) is 5.20. The van der Waals surface area contributed by atoms with Crippen LogP contribution in [0.5, 0.6) is 0 Å². The van der Waals surface area contributed by atoms with E-state index in [0.29, 0.717) is 24.9 Å². The van der Waals surface area contributed by atoms with Crippen LogP contribution in [0.15, 0.2) is 0 Å². The monoisotopic (exact) mass is 257 g/mol. The summed E-state index contributed by atoms with van der Waals surface area (Å²) in [6.07, 6.45) is 2.44. The Morgan fingerprint density at radius 1 is 1.28 bits per heavy atom. The van der Waals surface area contributed by atoms with E-state index >= 15 is 0 Å². The molecule has 0 aliphatic heterocycles. The van der Waals surface area contributed by atoms with Crippen molar-refractivity contribution in [2.24, 2.45) is 11.7 Å². The first kappa shape index (κ1) is 17.4. The molecule has 3 N–H and O–H groups in total. The van der Waals surface area contributed by atoms with Crippen molar-refractivity contribution >= 4 is 5.91 Å². The number of carbonyl (C=O) groups excluding carboxylic acids is 1. The van der Waals surface area contributed by atoms with E-state index in [2.05, 4.69) is 37.9 Å². The van der Waals surface area contributed by atoms with Gasteiger partial charge in [0, 0.05) is 19.0 Å². The lowest BCUT2D eigenvalue weighted by Gasteiger charge is -2.31. The first-order valence-electron chi connectivity index (χ1n) is 7.25. The van der Waals surface area contributed by atoms with Crippen LogP contribution in [0.3, 0.4) is 0 Å². The van der Waals surface area contributed by atoms with Crippen molar-refractivity contribution in [3.8, 4) is 0 Å². The summed E-state index contributed by atoms with van der Waals surface area (Å²) in [7, 11) is 0. The molecule has 0 heterocycles. The highest BCUT2D eigenvalue weighted by molar-refractivity contribution is 5.75. The Labute approximate surface area is 112 Å². The van der Waals surface area contributed by atoms with Gasteiger partial charge in [0.2, 0.25) is 5.91 Å². The van der Waals surface area contributed by atoms with E-state index in [1.807, 2.05) is 0 Å². The average molecular weight is 257 g/mol. The highest BCUT2D eigenvalue weighted by atomic mass is 16.1. The van der Waals surface area contributed by atoms with E-state index in [9.17, 15) is 4.79 Å². The zero-order valence-electron chi connectivity index (χ0n) is 12.5. The number of hydrogen-bond donors (Lipinski definition) is 2. The van der Waals surface area contributed by atoms with Crippen molar-refractivity contribution in [2.75, 3.05) is 26.2 Å². The van der Waals surface area contributed by atoms with E-state index in [-0.39, 0.29) is 5.91 Å². The van der Waals surface area contributed by atoms with Crippen LogP contribution in [-0.4, -0.2) is 43.0 Å². The lowest BCUT2D eigenvalue weighted by Crippen LogP contribution is -2.44. The molecule has 4 heteroatoms. The van der Waals surface area contributed by atoms with Gasteiger partial charge in [-0.2, -0.15) is 0 Å². The fourth-order valence-electron chi connectivity index (χ4n) is 2.23. The van der Waals surface area contributed by atoms with Crippen LogP contribution in [0.4, 0.5) is 0 Å². The molecule has 0 radical (unpaired) electrons. The molecule has 1 unspecified atom stereocenters. The Balaban J connectivity index is 4.18. The van der Waals surface area contributed by atoms with E-state index in [0.717, 1.165) is 32.5 Å². The van der Waals surface area contributed by atoms with E-state index in [4.69, 9.17) is 5.73 Å². The summed E-state index contributed by atoms with van der Waals surface area (Å²) in [6.45, 7) is 12.2. The lowest BCUT2D eigenvalue weighted by molar-refractivity contribution is -0.121. The number of rotatable bonds is 10. The molecule has 0 aliphatic rings. The topological polar surface area (TPSA) is 58.4 Å². The molecule has 0 saturated heterocycles. The van der Waals surface area contributed by atoms with Gasteiger partial charge < -0.3 is 11.1 Å². The molecule has 4 nitrogen and oxygen atoms in total. The Bertz CT molecular complexity index is 215. The van der Waals surface area contributed by atoms with Crippen LogP contribution in [0.2, 0.25) is 0 Å². The van der Waals surface area contributed by atoms with Crippen molar-refractivity contribution in [1.82, 2.24) is 10.2 Å². The van der Waals surface area contributed by atoms with Gasteiger partial charge in [0.15, 0.2) is 0 Å². The summed E-state index contributed by atoms with van der Waals surface area (Å²) in [4.78, 5) is 14.0. The van der Waals surface area contributed by atoms with Gasteiger partial charge in [-0.3, -0.25) is 9.69 Å². The van der Waals surface area contributed by atoms with Crippen molar-refractivity contribution in [2.45, 2.75) is 53.0 Å². The number of amides is 1. The fraction of sp³-hybridized carbons (Fsp3) is 0.929. The molecule has 0 fully saturated rings. The minimum absolute atomic E-state index is 0.126. The lowest BCUT2D eigenvalue weighted by atomic mass is 10.0. The Kier molecular flexibility index (Phi) is 9.98. The third kappa shape index (κ3) is 7.67. The minimum atomic E-state index is 0.126. The number of nitrogens with one attached hydrogen (secondary N) is 1. The molecule has 0 aliphatic carbocycles. The third-order valence-corrected chi connectivity index (χ3v) is 3.22. The summed E-state index contributed by atoms with van der Waals surface area (Å²) in [5.41, 5.74) is 5.40. The molecule has 0 bridgehead atoms. The summed E-state index contributed by atoms with van der Waals surface area (Å²) >= 11 is 0. The molecule has 0 saturated carbocycles. The van der Waals surface area contributed by atoms with Gasteiger partial charge in [-0.05, 0) is 38.4 Å². The Morgan fingerprint density at radius 2 is 1.89 bits per heavy atom. The maximum absolute atomic E-state index is 11.6. The fourth-order valence-corrected chi connectivity index (χ4v) is 2.23. The van der Waals surface area contributed by atoms with Gasteiger partial charge in [0.1, 0.15) is 0 Å². The van der Waals surface area contributed by atoms with E-state index in [1.165, 1.54) is 0 Å². The largest absolute Gasteiger partial charge is 0.355 e. The summed E-state index contributed by atoms with van der Waals surface area (Å²) in [5, 5.41) is 3.04. The van der Waals surface area contributed by atoms with Gasteiger partial charge in [0.25, 0.3) is 0 Å². The van der Waals surface area contributed by atoms with Gasteiger partial charge >= 0.3 is 0 Å². The quantitative estimate of drug-likeness (QED) is 0.625. The summed E-state index contributed by atoms with van der Waals surface area (Å²) < 4.78 is 0. The molecule has 0 spiro atoms. The average Bonchev–Trinajstić information content (AvgIpc) is 2.34. The normalized spacial score (nSPS) is 13.1. The second-order valence-electron chi connectivity index (χ2n) is 5.20. The van der Waals surface area contributed by atoms with E-state index in [1.54, 1.807) is 0 Å². The Morgan fingerprint density at radius 3 is 2.33 bits per heavy atom. The standard InChI is InChI=1S/C14H31N3O/c1-5-17(6-2)13(10-12(3)4)11-16-14(18)8-7-9-15/h12-13H,5-11,15H2,1-4H3,(H,16,18). The van der Waals surface area contributed by atoms with Crippen molar-refractivity contribution < 1.29 is 4.79 Å². The molecule has 18 heavy (non-hydrogen) atoms. The maximum atomic E-state index is 11.6. The van der Waals surface area contributed by atoms with E-state index < -0.39 is 0 Å². The van der Waals surface area contributed by atoms with Gasteiger partial charge in [0.05, 0.1) is 0 Å². The van der Waals surface area contributed by atoms with Crippen LogP contribution < -0.4 is 11.1 Å². The maximum Gasteiger partial charge on any atom is 0.220 e. The van der Waals surface area contributed by atoms with Crippen molar-refractivity contribution in [1.29, 1.82) is 0 Å². The van der Waals surface area contributed by atoms with Gasteiger partial charge in [-0.15, -0.1) is 0 Å². The van der Waals surface area contributed by atoms with Crippen LogP contribution in [-0.2, 0) is 4.79 Å². The second kappa shape index (κ2) is 10.3. The molecule has 108 valence electrons. The zero-order chi connectivity index (χ0) is 14.0.